The van der Waals surface area contributed by atoms with Crippen molar-refractivity contribution in [1.82, 2.24) is 5.25 Å². The van der Waals surface area contributed by atoms with Crippen molar-refractivity contribution in [2.24, 2.45) is 0 Å². The van der Waals surface area contributed by atoms with Crippen molar-refractivity contribution >= 4 is 26.2 Å². The fourth-order valence-electron chi connectivity index (χ4n) is 0.137. The van der Waals surface area contributed by atoms with E-state index in [9.17, 15) is 16.8 Å². The Morgan fingerprint density at radius 2 is 1.90 bits per heavy atom. The van der Waals surface area contributed by atoms with Crippen molar-refractivity contribution in [2.75, 3.05) is 0 Å². The zero-order valence-electron chi connectivity index (χ0n) is 5.71. The largest absolute Gasteiger partial charge is 1.00 e. The van der Waals surface area contributed by atoms with E-state index in [0.29, 0.717) is 0 Å². The van der Waals surface area contributed by atoms with Gasteiger partial charge in [-0.25, -0.2) is 0 Å². The maximum atomic E-state index is 12.1. The predicted molar refractivity (Wildman–Crippen MR) is 29.2 cm³/mol. The van der Waals surface area contributed by atoms with Gasteiger partial charge in [-0.15, -0.1) is 0 Å². The molecule has 0 radical (unpaired) electrons. The van der Waals surface area contributed by atoms with Gasteiger partial charge in [0, 0.05) is 0 Å². The molecule has 4 nitrogen and oxygen atoms in total. The first-order valence-corrected chi connectivity index (χ1v) is 6.47. The molecule has 0 spiro atoms. The molecular formula is H2ClF2NNaO3PS. The van der Waals surface area contributed by atoms with E-state index in [-0.39, 0.29) is 31.0 Å². The summed E-state index contributed by atoms with van der Waals surface area (Å²) in [5.74, 6) is 0. The molecule has 1 heterocycles. The second-order valence-electron chi connectivity index (χ2n) is 1.36. The molecule has 0 amide bonds. The molecule has 0 aromatic carbocycles. The molecule has 1 fully saturated rings. The van der Waals surface area contributed by atoms with Crippen molar-refractivity contribution in [3.05, 3.63) is 0 Å². The molecule has 1 rings (SSSR count). The third kappa shape index (κ3) is 1.61. The number of rotatable bonds is 1. The average molecular weight is 224 g/mol. The van der Waals surface area contributed by atoms with E-state index in [0.717, 1.165) is 5.25 Å². The first-order valence-electron chi connectivity index (χ1n) is 1.62. The standard InChI is InChI=1S/ClF2HNO3PS.Na.H/c1-9(5,6)8(2,3)4-7-8;;/h4H;;/q;+1;-1. The normalized spacial score (nSPS) is 30.9. The second-order valence-corrected chi connectivity index (χ2v) is 9.21. The van der Waals surface area contributed by atoms with Gasteiger partial charge in [0.05, 0.1) is 0 Å². The molecule has 1 N–H and O–H groups in total. The van der Waals surface area contributed by atoms with Gasteiger partial charge in [-0.1, -0.05) is 0 Å². The summed E-state index contributed by atoms with van der Waals surface area (Å²) in [4.78, 5) is 0. The summed E-state index contributed by atoms with van der Waals surface area (Å²) in [5.41, 5.74) is 0. The van der Waals surface area contributed by atoms with E-state index in [4.69, 9.17) is 0 Å². The maximum Gasteiger partial charge on any atom is 1.00 e. The van der Waals surface area contributed by atoms with Gasteiger partial charge in [0.1, 0.15) is 0 Å². The molecule has 0 saturated carbocycles. The topological polar surface area (TPSA) is 68.6 Å². The van der Waals surface area contributed by atoms with E-state index < -0.39 is 15.5 Å². The van der Waals surface area contributed by atoms with E-state index >= 15 is 0 Å². The quantitative estimate of drug-likeness (QED) is 0.248. The van der Waals surface area contributed by atoms with Gasteiger partial charge < -0.3 is 1.43 Å². The molecule has 1 aliphatic rings. The van der Waals surface area contributed by atoms with Crippen LogP contribution in [0.25, 0.3) is 0 Å². The van der Waals surface area contributed by atoms with E-state index in [2.05, 4.69) is 15.3 Å². The van der Waals surface area contributed by atoms with Crippen LogP contribution in [0.4, 0.5) is 8.39 Å². The van der Waals surface area contributed by atoms with Crippen LogP contribution < -0.4 is 34.8 Å². The van der Waals surface area contributed by atoms with Crippen LogP contribution in [0.1, 0.15) is 1.43 Å². The summed E-state index contributed by atoms with van der Waals surface area (Å²) in [7, 11) is -0.587. The Morgan fingerprint density at radius 1 is 1.60 bits per heavy atom. The van der Waals surface area contributed by atoms with Crippen LogP contribution in [0.15, 0.2) is 0 Å². The molecule has 0 aromatic heterocycles. The summed E-state index contributed by atoms with van der Waals surface area (Å²) in [6.07, 6.45) is 0. The summed E-state index contributed by atoms with van der Waals surface area (Å²) in [6.45, 7) is -6.08. The van der Waals surface area contributed by atoms with Gasteiger partial charge in [0.2, 0.25) is 0 Å². The molecule has 1 aliphatic heterocycles. The van der Waals surface area contributed by atoms with E-state index in [1.165, 1.54) is 0 Å². The number of halogens is 3. The van der Waals surface area contributed by atoms with Gasteiger partial charge in [-0.3, -0.25) is 0 Å². The van der Waals surface area contributed by atoms with Crippen molar-refractivity contribution in [3.8, 4) is 0 Å². The molecule has 0 bridgehead atoms. The smallest absolute Gasteiger partial charge is 1.00 e. The van der Waals surface area contributed by atoms with Crippen LogP contribution in [0.5, 0.6) is 0 Å². The zero-order valence-corrected chi connectivity index (χ0v) is 9.18. The first-order chi connectivity index (χ1) is 3.75. The third-order valence-electron chi connectivity index (χ3n) is 0.667. The maximum absolute atomic E-state index is 12.1. The van der Waals surface area contributed by atoms with Crippen LogP contribution in [0.3, 0.4) is 0 Å². The second kappa shape index (κ2) is 2.47. The third-order valence-corrected chi connectivity index (χ3v) is 6.69. The minimum atomic E-state index is -6.08. The van der Waals surface area contributed by atoms with Crippen molar-refractivity contribution in [3.63, 3.8) is 0 Å². The Kier molecular flexibility index (Phi) is 2.82. The average Bonchev–Trinajstić information content (AvgIpc) is 2.14. The molecule has 1 saturated heterocycles. The first kappa shape index (κ1) is 11.4. The van der Waals surface area contributed by atoms with Gasteiger partial charge >= 0.3 is 82.4 Å². The molecular weight excluding hydrogens is 221 g/mol. The Hall–Kier alpha value is 1.45. The van der Waals surface area contributed by atoms with E-state index in [1.54, 1.807) is 0 Å². The Labute approximate surface area is 83.5 Å². The molecule has 10 heteroatoms. The van der Waals surface area contributed by atoms with Crippen LogP contribution >= 0.6 is 17.5 Å². The van der Waals surface area contributed by atoms with Gasteiger partial charge in [0.15, 0.2) is 0 Å². The minimum absolute atomic E-state index is 0. The number of hydrogen-bond donors (Lipinski definition) is 1. The van der Waals surface area contributed by atoms with Crippen LogP contribution in [0, 0.1) is 0 Å². The Morgan fingerprint density at radius 3 is 1.90 bits per heavy atom. The van der Waals surface area contributed by atoms with Crippen LogP contribution in [-0.4, -0.2) is 8.42 Å². The fraction of sp³-hybridized carbons (Fsp3) is 0. The van der Waals surface area contributed by atoms with Crippen molar-refractivity contribution in [1.29, 1.82) is 0 Å². The summed E-state index contributed by atoms with van der Waals surface area (Å²) >= 11 is 0. The van der Waals surface area contributed by atoms with Crippen LogP contribution in [-0.2, 0) is 13.3 Å². The Balaban J connectivity index is 0. The molecule has 58 valence electrons. The summed E-state index contributed by atoms with van der Waals surface area (Å²) < 4.78 is 47.3. The van der Waals surface area contributed by atoms with E-state index in [1.807, 2.05) is 0 Å². The van der Waals surface area contributed by atoms with Gasteiger partial charge in [0.25, 0.3) is 0 Å². The van der Waals surface area contributed by atoms with Gasteiger partial charge in [-0.2, -0.15) is 0 Å². The molecule has 0 aromatic rings. The predicted octanol–water partition coefficient (Wildman–Crippen LogP) is -1.73. The summed E-state index contributed by atoms with van der Waals surface area (Å²) in [5, 5.41) is 1.00. The van der Waals surface area contributed by atoms with Crippen molar-refractivity contribution < 1.29 is 52.4 Å². The SMILES string of the molecule is O=S(=O)(Cl)P1(F)(F)NO1.[H-].[Na+]. The molecule has 0 unspecified atom stereocenters. The van der Waals surface area contributed by atoms with Crippen molar-refractivity contribution in [2.45, 2.75) is 0 Å². The number of hydrogen-bond acceptors (Lipinski definition) is 4. The summed E-state index contributed by atoms with van der Waals surface area (Å²) in [6, 6.07) is 0. The number of nitrogens with one attached hydrogen (secondary N) is 1. The van der Waals surface area contributed by atoms with Crippen LogP contribution in [0.2, 0.25) is 0 Å². The zero-order chi connectivity index (χ0) is 7.36. The monoisotopic (exact) mass is 223 g/mol. The molecule has 0 aliphatic carbocycles. The minimum Gasteiger partial charge on any atom is -1.00 e. The molecule has 0 atom stereocenters. The molecule has 10 heavy (non-hydrogen) atoms. The fourth-order valence-corrected chi connectivity index (χ4v) is 2.04. The van der Waals surface area contributed by atoms with Gasteiger partial charge in [-0.05, 0) is 0 Å². The Bertz CT molecular complexity index is 248.